The van der Waals surface area contributed by atoms with Crippen molar-refractivity contribution in [3.05, 3.63) is 65.4 Å². The summed E-state index contributed by atoms with van der Waals surface area (Å²) in [6.07, 6.45) is -2.94. The Kier molecular flexibility index (Phi) is 6.86. The summed E-state index contributed by atoms with van der Waals surface area (Å²) < 4.78 is 11.7. The average Bonchev–Trinajstić information content (AvgIpc) is 2.74. The lowest BCUT2D eigenvalue weighted by Gasteiger charge is -2.41. The number of ether oxygens (including phenoxy) is 2. The molecule has 8 heteroatoms. The molecule has 3 rings (SSSR count). The van der Waals surface area contributed by atoms with Gasteiger partial charge in [0, 0.05) is 5.56 Å². The van der Waals surface area contributed by atoms with Crippen LogP contribution in [0.2, 0.25) is 0 Å². The SMILES string of the molecule is Cc1cccc(C2OC(C)C(O)C(O)C2ON)c1O/C=C(\C=O)c1ccc(O)cc1. The third-order valence-corrected chi connectivity index (χ3v) is 5.16. The third kappa shape index (κ3) is 4.38. The van der Waals surface area contributed by atoms with Crippen LogP contribution in [0.15, 0.2) is 48.7 Å². The van der Waals surface area contributed by atoms with Gasteiger partial charge in [-0.3, -0.25) is 9.63 Å². The van der Waals surface area contributed by atoms with Gasteiger partial charge in [0.15, 0.2) is 6.29 Å². The molecule has 1 aliphatic rings. The van der Waals surface area contributed by atoms with Gasteiger partial charge in [0.1, 0.15) is 42.2 Å². The number of aryl methyl sites for hydroxylation is 1. The van der Waals surface area contributed by atoms with E-state index in [4.69, 9.17) is 20.2 Å². The smallest absolute Gasteiger partial charge is 0.153 e. The first-order valence-electron chi connectivity index (χ1n) is 9.45. The van der Waals surface area contributed by atoms with Crippen LogP contribution in [0, 0.1) is 6.92 Å². The van der Waals surface area contributed by atoms with E-state index in [1.807, 2.05) is 13.0 Å². The van der Waals surface area contributed by atoms with Crippen LogP contribution >= 0.6 is 0 Å². The largest absolute Gasteiger partial charge is 0.508 e. The fourth-order valence-corrected chi connectivity index (χ4v) is 3.44. The minimum absolute atomic E-state index is 0.0863. The van der Waals surface area contributed by atoms with Crippen LogP contribution in [0.3, 0.4) is 0 Å². The topological polar surface area (TPSA) is 131 Å². The Morgan fingerprint density at radius 3 is 2.47 bits per heavy atom. The Balaban J connectivity index is 1.96. The number of allylic oxidation sites excluding steroid dienone is 1. The van der Waals surface area contributed by atoms with Gasteiger partial charge >= 0.3 is 0 Å². The molecule has 160 valence electrons. The summed E-state index contributed by atoms with van der Waals surface area (Å²) in [5.74, 6) is 5.88. The number of phenols is 1. The van der Waals surface area contributed by atoms with Crippen LogP contribution < -0.4 is 10.6 Å². The number of aliphatic hydroxyl groups excluding tert-OH is 2. The number of benzene rings is 2. The van der Waals surface area contributed by atoms with Crippen LogP contribution in [0.4, 0.5) is 0 Å². The molecule has 0 amide bonds. The second kappa shape index (κ2) is 9.38. The molecule has 0 saturated carbocycles. The molecule has 0 bridgehead atoms. The lowest BCUT2D eigenvalue weighted by molar-refractivity contribution is -0.235. The number of hydrogen-bond acceptors (Lipinski definition) is 8. The summed E-state index contributed by atoms with van der Waals surface area (Å²) >= 11 is 0. The van der Waals surface area contributed by atoms with Crippen molar-refractivity contribution in [2.45, 2.75) is 44.4 Å². The first-order valence-corrected chi connectivity index (χ1v) is 9.45. The van der Waals surface area contributed by atoms with Crippen LogP contribution in [0.1, 0.15) is 29.7 Å². The van der Waals surface area contributed by atoms with Gasteiger partial charge in [0.25, 0.3) is 0 Å². The van der Waals surface area contributed by atoms with Gasteiger partial charge in [-0.05, 0) is 37.1 Å². The van der Waals surface area contributed by atoms with E-state index >= 15 is 0 Å². The molecule has 0 spiro atoms. The van der Waals surface area contributed by atoms with Gasteiger partial charge in [-0.2, -0.15) is 0 Å². The predicted molar refractivity (Wildman–Crippen MR) is 108 cm³/mol. The van der Waals surface area contributed by atoms with Crippen molar-refractivity contribution in [1.29, 1.82) is 0 Å². The zero-order valence-corrected chi connectivity index (χ0v) is 16.6. The van der Waals surface area contributed by atoms with E-state index in [0.717, 1.165) is 5.56 Å². The maximum atomic E-state index is 11.6. The first kappa shape index (κ1) is 21.9. The maximum absolute atomic E-state index is 11.6. The Morgan fingerprint density at radius 2 is 1.83 bits per heavy atom. The minimum Gasteiger partial charge on any atom is -0.508 e. The fraction of sp³-hybridized carbons (Fsp3) is 0.318. The quantitative estimate of drug-likeness (QED) is 0.243. The van der Waals surface area contributed by atoms with E-state index in [-0.39, 0.29) is 11.3 Å². The van der Waals surface area contributed by atoms with Gasteiger partial charge in [0.2, 0.25) is 0 Å². The molecule has 1 fully saturated rings. The number of hydrogen-bond donors (Lipinski definition) is 4. The summed E-state index contributed by atoms with van der Waals surface area (Å²) in [6, 6.07) is 11.5. The van der Waals surface area contributed by atoms with Crippen molar-refractivity contribution in [1.82, 2.24) is 0 Å². The van der Waals surface area contributed by atoms with Crippen LogP contribution in [0.5, 0.6) is 11.5 Å². The molecule has 8 nitrogen and oxygen atoms in total. The molecule has 2 aromatic rings. The number of phenolic OH excluding ortho intramolecular Hbond substituents is 1. The molecule has 1 aliphatic heterocycles. The molecule has 5 atom stereocenters. The van der Waals surface area contributed by atoms with E-state index in [1.165, 1.54) is 18.4 Å². The van der Waals surface area contributed by atoms with Gasteiger partial charge in [0.05, 0.1) is 11.7 Å². The molecule has 1 heterocycles. The van der Waals surface area contributed by atoms with E-state index in [2.05, 4.69) is 0 Å². The van der Waals surface area contributed by atoms with Crippen molar-refractivity contribution in [3.8, 4) is 11.5 Å². The number of rotatable bonds is 6. The highest BCUT2D eigenvalue weighted by molar-refractivity contribution is 6.06. The zero-order chi connectivity index (χ0) is 21.8. The standard InChI is InChI=1S/C22H25NO7/c1-12-4-3-5-17(21-22(30-23)19(27)18(26)13(2)29-21)20(12)28-11-15(10-24)14-6-8-16(25)9-7-14/h3-11,13,18-19,21-22,25-27H,23H2,1-2H3/b15-11+. The van der Waals surface area contributed by atoms with E-state index < -0.39 is 30.5 Å². The van der Waals surface area contributed by atoms with Crippen molar-refractivity contribution < 1.29 is 34.4 Å². The zero-order valence-electron chi connectivity index (χ0n) is 16.6. The number of aliphatic hydroxyl groups is 2. The third-order valence-electron chi connectivity index (χ3n) is 5.16. The highest BCUT2D eigenvalue weighted by Crippen LogP contribution is 2.39. The number of carbonyl (C=O) groups excluding carboxylic acids is 1. The Morgan fingerprint density at radius 1 is 1.13 bits per heavy atom. The fourth-order valence-electron chi connectivity index (χ4n) is 3.44. The van der Waals surface area contributed by atoms with Gasteiger partial charge in [-0.25, -0.2) is 5.90 Å². The molecule has 2 aromatic carbocycles. The van der Waals surface area contributed by atoms with Crippen LogP contribution in [0.25, 0.3) is 5.57 Å². The Labute approximate surface area is 174 Å². The lowest BCUT2D eigenvalue weighted by Crippen LogP contribution is -2.54. The molecule has 1 saturated heterocycles. The summed E-state index contributed by atoms with van der Waals surface area (Å²) in [6.45, 7) is 3.46. The summed E-state index contributed by atoms with van der Waals surface area (Å²) in [4.78, 5) is 16.5. The highest BCUT2D eigenvalue weighted by atomic mass is 16.7. The van der Waals surface area contributed by atoms with Gasteiger partial charge in [-0.1, -0.05) is 30.3 Å². The number of carbonyl (C=O) groups is 1. The Bertz CT molecular complexity index is 912. The highest BCUT2D eigenvalue weighted by Gasteiger charge is 2.45. The van der Waals surface area contributed by atoms with Gasteiger partial charge in [-0.15, -0.1) is 0 Å². The van der Waals surface area contributed by atoms with E-state index in [9.17, 15) is 20.1 Å². The number of nitrogens with two attached hydrogens (primary N) is 1. The minimum atomic E-state index is -1.25. The Hall–Kier alpha value is -2.75. The number of aromatic hydroxyl groups is 1. The lowest BCUT2D eigenvalue weighted by atomic mass is 9.90. The maximum Gasteiger partial charge on any atom is 0.153 e. The van der Waals surface area contributed by atoms with Crippen molar-refractivity contribution in [2.75, 3.05) is 0 Å². The van der Waals surface area contributed by atoms with Crippen molar-refractivity contribution in [2.24, 2.45) is 5.90 Å². The number of para-hydroxylation sites is 1. The molecular formula is C22H25NO7. The summed E-state index contributed by atoms with van der Waals surface area (Å²) in [5.41, 5.74) is 2.15. The second-order valence-electron chi connectivity index (χ2n) is 7.19. The summed E-state index contributed by atoms with van der Waals surface area (Å²) in [5, 5.41) is 29.9. The average molecular weight is 415 g/mol. The normalized spacial score (nSPS) is 27.0. The van der Waals surface area contributed by atoms with Crippen LogP contribution in [-0.2, 0) is 14.4 Å². The van der Waals surface area contributed by atoms with Gasteiger partial charge < -0.3 is 24.8 Å². The molecule has 0 aromatic heterocycles. The summed E-state index contributed by atoms with van der Waals surface area (Å²) in [7, 11) is 0. The molecule has 0 aliphatic carbocycles. The van der Waals surface area contributed by atoms with Crippen molar-refractivity contribution >= 4 is 11.9 Å². The number of aldehydes is 1. The van der Waals surface area contributed by atoms with E-state index in [0.29, 0.717) is 23.2 Å². The molecule has 5 unspecified atom stereocenters. The van der Waals surface area contributed by atoms with Crippen LogP contribution in [-0.4, -0.2) is 46.0 Å². The molecular weight excluding hydrogens is 390 g/mol. The molecule has 30 heavy (non-hydrogen) atoms. The predicted octanol–water partition coefficient (Wildman–Crippen LogP) is 1.76. The van der Waals surface area contributed by atoms with Crippen molar-refractivity contribution in [3.63, 3.8) is 0 Å². The first-order chi connectivity index (χ1) is 14.4. The second-order valence-corrected chi connectivity index (χ2v) is 7.19. The molecule has 0 radical (unpaired) electrons. The van der Waals surface area contributed by atoms with E-state index in [1.54, 1.807) is 31.2 Å². The molecule has 5 N–H and O–H groups in total. The monoisotopic (exact) mass is 415 g/mol.